The number of rotatable bonds is 4. The highest BCUT2D eigenvalue weighted by atomic mass is 32.2. The lowest BCUT2D eigenvalue weighted by Gasteiger charge is -2.10. The van der Waals surface area contributed by atoms with Gasteiger partial charge in [0.25, 0.3) is 0 Å². The molecule has 6 heteroatoms. The zero-order chi connectivity index (χ0) is 11.5. The molecule has 1 rings (SSSR count). The van der Waals surface area contributed by atoms with Crippen molar-refractivity contribution in [3.05, 3.63) is 29.6 Å². The maximum Gasteiger partial charge on any atom is 0.234 e. The van der Waals surface area contributed by atoms with Gasteiger partial charge in [-0.2, -0.15) is 0 Å². The molecule has 3 N–H and O–H groups in total. The van der Waals surface area contributed by atoms with Crippen LogP contribution >= 0.6 is 0 Å². The molecule has 0 heterocycles. The van der Waals surface area contributed by atoms with Gasteiger partial charge in [-0.25, -0.2) is 12.8 Å². The molecule has 1 aromatic carbocycles. The fraction of sp³-hybridized carbons (Fsp3) is 0.333. The molecular formula is C9H13FN2O2S. The lowest BCUT2D eigenvalue weighted by molar-refractivity contribution is 0.598. The number of hydrogen-bond donors (Lipinski definition) is 2. The molecule has 0 unspecified atom stereocenters. The Balaban J connectivity index is 2.99. The largest absolute Gasteiger partial charge is 0.329 e. The Kier molecular flexibility index (Phi) is 3.65. The minimum absolute atomic E-state index is 0.00281. The summed E-state index contributed by atoms with van der Waals surface area (Å²) in [6, 6.07) is 4.35. The van der Waals surface area contributed by atoms with Gasteiger partial charge in [0.05, 0.1) is 11.4 Å². The lowest BCUT2D eigenvalue weighted by Crippen LogP contribution is -2.23. The molecule has 0 amide bonds. The van der Waals surface area contributed by atoms with E-state index in [0.29, 0.717) is 5.56 Å². The summed E-state index contributed by atoms with van der Waals surface area (Å²) in [4.78, 5) is 0. The minimum atomic E-state index is -3.54. The van der Waals surface area contributed by atoms with E-state index in [9.17, 15) is 12.8 Å². The minimum Gasteiger partial charge on any atom is -0.329 e. The van der Waals surface area contributed by atoms with Crippen molar-refractivity contribution in [1.82, 2.24) is 0 Å². The van der Waals surface area contributed by atoms with Gasteiger partial charge in [-0.1, -0.05) is 12.1 Å². The summed E-state index contributed by atoms with van der Waals surface area (Å²) in [5, 5.41) is 0. The monoisotopic (exact) mass is 232 g/mol. The first kappa shape index (κ1) is 11.9. The van der Waals surface area contributed by atoms with Crippen molar-refractivity contribution in [1.29, 1.82) is 0 Å². The summed E-state index contributed by atoms with van der Waals surface area (Å²) in [6.45, 7) is 1.63. The van der Waals surface area contributed by atoms with Crippen molar-refractivity contribution in [2.75, 3.05) is 17.0 Å². The maximum atomic E-state index is 13.3. The van der Waals surface area contributed by atoms with Crippen LogP contribution < -0.4 is 10.5 Å². The van der Waals surface area contributed by atoms with Gasteiger partial charge in [-0.3, -0.25) is 4.72 Å². The van der Waals surface area contributed by atoms with E-state index in [4.69, 9.17) is 5.73 Å². The predicted octanol–water partition coefficient (Wildman–Crippen LogP) is 0.835. The third-order valence-electron chi connectivity index (χ3n) is 1.87. The van der Waals surface area contributed by atoms with Crippen molar-refractivity contribution < 1.29 is 12.8 Å². The van der Waals surface area contributed by atoms with E-state index in [0.717, 1.165) is 0 Å². The Morgan fingerprint density at radius 1 is 1.47 bits per heavy atom. The Bertz CT molecular complexity index is 425. The molecule has 0 aliphatic carbocycles. The molecule has 0 spiro atoms. The smallest absolute Gasteiger partial charge is 0.234 e. The fourth-order valence-electron chi connectivity index (χ4n) is 1.12. The zero-order valence-corrected chi connectivity index (χ0v) is 9.14. The Hall–Kier alpha value is -1.14. The summed E-state index contributed by atoms with van der Waals surface area (Å²) in [5.74, 6) is -0.809. The number of anilines is 1. The van der Waals surface area contributed by atoms with Crippen LogP contribution in [0.4, 0.5) is 10.1 Å². The average Bonchev–Trinajstić information content (AvgIpc) is 2.11. The number of sulfonamides is 1. The van der Waals surface area contributed by atoms with E-state index < -0.39 is 15.8 Å². The van der Waals surface area contributed by atoms with Crippen LogP contribution in [0.15, 0.2) is 18.2 Å². The highest BCUT2D eigenvalue weighted by molar-refractivity contribution is 7.92. The summed E-state index contributed by atoms with van der Waals surface area (Å²) in [6.07, 6.45) is 0. The first-order valence-corrected chi connectivity index (χ1v) is 6.07. The number of para-hydroxylation sites is 1. The van der Waals surface area contributed by atoms with Gasteiger partial charge in [-0.05, 0) is 18.6 Å². The first-order chi connectivity index (χ1) is 6.96. The van der Waals surface area contributed by atoms with Gasteiger partial charge >= 0.3 is 0 Å². The second-order valence-corrected chi connectivity index (χ2v) is 4.98. The normalized spacial score (nSPS) is 11.4. The van der Waals surface area contributed by atoms with Crippen LogP contribution in [0.25, 0.3) is 0 Å². The van der Waals surface area contributed by atoms with Crippen molar-refractivity contribution >= 4 is 15.7 Å². The van der Waals surface area contributed by atoms with Crippen LogP contribution in [-0.4, -0.2) is 20.7 Å². The topological polar surface area (TPSA) is 72.2 Å². The van der Waals surface area contributed by atoms with E-state index in [1.807, 2.05) is 0 Å². The molecule has 1 aromatic rings. The summed E-state index contributed by atoms with van der Waals surface area (Å²) >= 11 is 0. The maximum absolute atomic E-state index is 13.3. The van der Waals surface area contributed by atoms with Crippen molar-refractivity contribution in [2.45, 2.75) is 6.92 Å². The van der Waals surface area contributed by atoms with Crippen LogP contribution in [0.3, 0.4) is 0 Å². The first-order valence-electron chi connectivity index (χ1n) is 4.42. The van der Waals surface area contributed by atoms with E-state index in [1.54, 1.807) is 13.0 Å². The number of benzene rings is 1. The lowest BCUT2D eigenvalue weighted by atomic mass is 10.2. The van der Waals surface area contributed by atoms with Gasteiger partial charge in [0.15, 0.2) is 0 Å². The van der Waals surface area contributed by atoms with Crippen LogP contribution in [0.5, 0.6) is 0 Å². The highest BCUT2D eigenvalue weighted by Crippen LogP contribution is 2.19. The van der Waals surface area contributed by atoms with Gasteiger partial charge in [0, 0.05) is 6.54 Å². The van der Waals surface area contributed by atoms with Gasteiger partial charge < -0.3 is 5.73 Å². The molecule has 4 nitrogen and oxygen atoms in total. The van der Waals surface area contributed by atoms with Crippen LogP contribution in [0, 0.1) is 12.7 Å². The summed E-state index contributed by atoms with van der Waals surface area (Å²) < 4.78 is 38.1. The number of hydrogen-bond acceptors (Lipinski definition) is 3. The molecule has 0 aliphatic rings. The predicted molar refractivity (Wildman–Crippen MR) is 57.6 cm³/mol. The molecule has 84 valence electrons. The average molecular weight is 232 g/mol. The van der Waals surface area contributed by atoms with Gasteiger partial charge in [0.2, 0.25) is 10.0 Å². The van der Waals surface area contributed by atoms with Crippen molar-refractivity contribution in [3.63, 3.8) is 0 Å². The molecule has 15 heavy (non-hydrogen) atoms. The molecule has 0 aromatic heterocycles. The van der Waals surface area contributed by atoms with Crippen LogP contribution in [0.2, 0.25) is 0 Å². The van der Waals surface area contributed by atoms with Gasteiger partial charge in [0.1, 0.15) is 5.82 Å². The third kappa shape index (κ3) is 3.17. The second-order valence-electron chi connectivity index (χ2n) is 3.14. The van der Waals surface area contributed by atoms with E-state index >= 15 is 0 Å². The molecule has 0 radical (unpaired) electrons. The molecule has 0 atom stereocenters. The second kappa shape index (κ2) is 4.59. The third-order valence-corrected chi connectivity index (χ3v) is 3.15. The fourth-order valence-corrected chi connectivity index (χ4v) is 2.10. The number of aryl methyl sites for hydroxylation is 1. The SMILES string of the molecule is Cc1cccc(F)c1NS(=O)(=O)CCN. The zero-order valence-electron chi connectivity index (χ0n) is 8.33. The number of nitrogens with two attached hydrogens (primary N) is 1. The summed E-state index contributed by atoms with van der Waals surface area (Å²) in [5.41, 5.74) is 5.66. The molecular weight excluding hydrogens is 219 g/mol. The standard InChI is InChI=1S/C9H13FN2O2S/c1-7-3-2-4-8(10)9(7)12-15(13,14)6-5-11/h2-4,12H,5-6,11H2,1H3. The molecule has 0 bridgehead atoms. The van der Waals surface area contributed by atoms with Crippen molar-refractivity contribution in [3.8, 4) is 0 Å². The van der Waals surface area contributed by atoms with Gasteiger partial charge in [-0.15, -0.1) is 0 Å². The Morgan fingerprint density at radius 3 is 2.67 bits per heavy atom. The highest BCUT2D eigenvalue weighted by Gasteiger charge is 2.13. The Labute approximate surface area is 88.3 Å². The Morgan fingerprint density at radius 2 is 2.13 bits per heavy atom. The quantitative estimate of drug-likeness (QED) is 0.807. The van der Waals surface area contributed by atoms with E-state index in [-0.39, 0.29) is 18.0 Å². The molecule has 0 fully saturated rings. The molecule has 0 aliphatic heterocycles. The van der Waals surface area contributed by atoms with Crippen LogP contribution in [-0.2, 0) is 10.0 Å². The van der Waals surface area contributed by atoms with Crippen molar-refractivity contribution in [2.24, 2.45) is 5.73 Å². The van der Waals surface area contributed by atoms with Crippen LogP contribution in [0.1, 0.15) is 5.56 Å². The number of halogens is 1. The summed E-state index contributed by atoms with van der Waals surface area (Å²) in [7, 11) is -3.54. The molecule has 0 saturated carbocycles. The van der Waals surface area contributed by atoms with E-state index in [1.165, 1.54) is 12.1 Å². The van der Waals surface area contributed by atoms with E-state index in [2.05, 4.69) is 4.72 Å². The molecule has 0 saturated heterocycles. The number of nitrogens with one attached hydrogen (secondary N) is 1.